The molecule has 27 heavy (non-hydrogen) atoms. The van der Waals surface area contributed by atoms with Crippen LogP contribution in [0.3, 0.4) is 0 Å². The molecule has 3 nitrogen and oxygen atoms in total. The third kappa shape index (κ3) is 6.75. The molecule has 0 aliphatic carbocycles. The van der Waals surface area contributed by atoms with Crippen molar-refractivity contribution >= 4 is 29.2 Å². The van der Waals surface area contributed by atoms with Gasteiger partial charge in [-0.15, -0.1) is 0 Å². The minimum atomic E-state index is -1.49. The molecule has 148 valence electrons. The van der Waals surface area contributed by atoms with Crippen molar-refractivity contribution in [3.05, 3.63) is 57.6 Å². The summed E-state index contributed by atoms with van der Waals surface area (Å²) in [6.07, 6.45) is 0. The van der Waals surface area contributed by atoms with Crippen molar-refractivity contribution in [2.24, 2.45) is 0 Å². The van der Waals surface area contributed by atoms with Crippen LogP contribution in [0.2, 0.25) is 19.6 Å². The van der Waals surface area contributed by atoms with Gasteiger partial charge in [-0.3, -0.25) is 0 Å². The predicted octanol–water partition coefficient (Wildman–Crippen LogP) is 4.70. The molecule has 2 aromatic carbocycles. The van der Waals surface area contributed by atoms with Crippen LogP contribution in [-0.2, 0) is 19.7 Å². The van der Waals surface area contributed by atoms with Crippen molar-refractivity contribution in [2.75, 3.05) is 28.2 Å². The van der Waals surface area contributed by atoms with E-state index < -0.39 is 8.07 Å². The molecule has 0 aromatic heterocycles. The summed E-state index contributed by atoms with van der Waals surface area (Å²) in [6.45, 7) is 9.75. The summed E-state index contributed by atoms with van der Waals surface area (Å²) in [5.74, 6) is 0.964. The summed E-state index contributed by atoms with van der Waals surface area (Å²) in [7, 11) is 7.05. The Bertz CT molecular complexity index is 738. The van der Waals surface area contributed by atoms with Gasteiger partial charge in [-0.05, 0) is 69.1 Å². The first-order chi connectivity index (χ1) is 12.6. The molecule has 0 saturated heterocycles. The van der Waals surface area contributed by atoms with Crippen LogP contribution in [0.4, 0.5) is 0 Å². The van der Waals surface area contributed by atoms with Gasteiger partial charge < -0.3 is 14.5 Å². The summed E-state index contributed by atoms with van der Waals surface area (Å²) >= 11 is 3.54. The maximum Gasteiger partial charge on any atom is 0.120 e. The Morgan fingerprint density at radius 2 is 1.44 bits per heavy atom. The van der Waals surface area contributed by atoms with Gasteiger partial charge in [0.05, 0.1) is 8.07 Å². The number of rotatable bonds is 8. The molecule has 0 saturated carbocycles. The van der Waals surface area contributed by atoms with Crippen LogP contribution in [0.15, 0.2) is 40.9 Å². The largest absolute Gasteiger partial charge is 0.489 e. The summed E-state index contributed by atoms with van der Waals surface area (Å²) in [5, 5.41) is 1.57. The first-order valence-electron chi connectivity index (χ1n) is 9.39. The third-order valence-corrected chi connectivity index (χ3v) is 6.93. The Hall–Kier alpha value is -1.14. The van der Waals surface area contributed by atoms with Crippen molar-refractivity contribution in [1.82, 2.24) is 9.80 Å². The molecule has 5 heteroatoms. The number of benzene rings is 2. The van der Waals surface area contributed by atoms with Crippen LogP contribution < -0.4 is 9.92 Å². The first-order valence-corrected chi connectivity index (χ1v) is 13.7. The summed E-state index contributed by atoms with van der Waals surface area (Å²) in [5.41, 5.74) is 3.98. The monoisotopic (exact) mass is 448 g/mol. The standard InChI is InChI=1S/C22H33BrN2OSi/c1-24(2)14-18-12-21(26-16-17-9-8-10-20(23)11-17)13-19(15-25(3)4)22(18)27(5,6)7/h8-13H,14-16H2,1-7H3. The van der Waals surface area contributed by atoms with Gasteiger partial charge in [-0.2, -0.15) is 0 Å². The van der Waals surface area contributed by atoms with Gasteiger partial charge in [0.1, 0.15) is 12.4 Å². The van der Waals surface area contributed by atoms with Crippen LogP contribution in [0.25, 0.3) is 0 Å². The summed E-state index contributed by atoms with van der Waals surface area (Å²) in [4.78, 5) is 4.49. The average molecular weight is 450 g/mol. The van der Waals surface area contributed by atoms with E-state index >= 15 is 0 Å². The molecule has 0 bridgehead atoms. The van der Waals surface area contributed by atoms with Gasteiger partial charge in [0.25, 0.3) is 0 Å². The van der Waals surface area contributed by atoms with Crippen molar-refractivity contribution in [3.63, 3.8) is 0 Å². The minimum absolute atomic E-state index is 0.578. The fourth-order valence-electron chi connectivity index (χ4n) is 3.51. The molecule has 0 N–H and O–H groups in total. The second-order valence-corrected chi connectivity index (χ2v) is 14.7. The highest BCUT2D eigenvalue weighted by atomic mass is 79.9. The molecule has 0 spiro atoms. The fraction of sp³-hybridized carbons (Fsp3) is 0.455. The highest BCUT2D eigenvalue weighted by Crippen LogP contribution is 2.23. The number of hydrogen-bond acceptors (Lipinski definition) is 3. The molecule has 0 heterocycles. The molecule has 0 radical (unpaired) electrons. The molecular weight excluding hydrogens is 416 g/mol. The Labute approximate surface area is 174 Å². The maximum absolute atomic E-state index is 6.22. The number of hydrogen-bond donors (Lipinski definition) is 0. The van der Waals surface area contributed by atoms with E-state index in [9.17, 15) is 0 Å². The zero-order chi connectivity index (χ0) is 20.2. The molecule has 0 unspecified atom stereocenters. The van der Waals surface area contributed by atoms with E-state index in [2.05, 4.69) is 97.8 Å². The van der Waals surface area contributed by atoms with Crippen LogP contribution in [0.5, 0.6) is 5.75 Å². The molecule has 0 amide bonds. The molecule has 2 rings (SSSR count). The lowest BCUT2D eigenvalue weighted by Gasteiger charge is -2.28. The van der Waals surface area contributed by atoms with Gasteiger partial charge >= 0.3 is 0 Å². The Balaban J connectivity index is 2.42. The van der Waals surface area contributed by atoms with E-state index in [-0.39, 0.29) is 0 Å². The van der Waals surface area contributed by atoms with Gasteiger partial charge in [0, 0.05) is 17.6 Å². The lowest BCUT2D eigenvalue weighted by Crippen LogP contribution is -2.44. The Morgan fingerprint density at radius 3 is 1.89 bits per heavy atom. The third-order valence-electron chi connectivity index (χ3n) is 4.29. The quantitative estimate of drug-likeness (QED) is 0.544. The summed E-state index contributed by atoms with van der Waals surface area (Å²) in [6, 6.07) is 12.8. The minimum Gasteiger partial charge on any atom is -0.489 e. The molecule has 0 aliphatic rings. The number of halogens is 1. The average Bonchev–Trinajstić information content (AvgIpc) is 2.50. The van der Waals surface area contributed by atoms with E-state index in [0.717, 1.165) is 23.3 Å². The van der Waals surface area contributed by atoms with Gasteiger partial charge in [-0.25, -0.2) is 0 Å². The van der Waals surface area contributed by atoms with Crippen molar-refractivity contribution in [3.8, 4) is 5.75 Å². The lowest BCUT2D eigenvalue weighted by atomic mass is 10.1. The van der Waals surface area contributed by atoms with Gasteiger partial charge in [0.2, 0.25) is 0 Å². The van der Waals surface area contributed by atoms with Gasteiger partial charge in [-0.1, -0.05) is 52.9 Å². The van der Waals surface area contributed by atoms with Crippen LogP contribution in [0, 0.1) is 0 Å². The van der Waals surface area contributed by atoms with E-state index in [0.29, 0.717) is 6.61 Å². The van der Waals surface area contributed by atoms with Crippen molar-refractivity contribution in [2.45, 2.75) is 39.3 Å². The second-order valence-electron chi connectivity index (χ2n) is 8.76. The van der Waals surface area contributed by atoms with E-state index in [1.807, 2.05) is 12.1 Å². The zero-order valence-electron chi connectivity index (χ0n) is 17.8. The Kier molecular flexibility index (Phi) is 7.69. The predicted molar refractivity (Wildman–Crippen MR) is 123 cm³/mol. The highest BCUT2D eigenvalue weighted by molar-refractivity contribution is 9.10. The topological polar surface area (TPSA) is 15.7 Å². The summed E-state index contributed by atoms with van der Waals surface area (Å²) < 4.78 is 7.30. The Morgan fingerprint density at radius 1 is 0.889 bits per heavy atom. The molecule has 0 aliphatic heterocycles. The molecule has 0 atom stereocenters. The second kappa shape index (κ2) is 9.37. The number of nitrogens with zero attached hydrogens (tertiary/aromatic N) is 2. The first kappa shape index (κ1) is 22.1. The number of ether oxygens (including phenoxy) is 1. The van der Waals surface area contributed by atoms with E-state index in [1.54, 1.807) is 5.19 Å². The molecule has 2 aromatic rings. The fourth-order valence-corrected chi connectivity index (χ4v) is 6.18. The van der Waals surface area contributed by atoms with Crippen LogP contribution >= 0.6 is 15.9 Å². The maximum atomic E-state index is 6.22. The van der Waals surface area contributed by atoms with Crippen LogP contribution in [-0.4, -0.2) is 46.1 Å². The van der Waals surface area contributed by atoms with E-state index in [4.69, 9.17) is 4.74 Å². The normalized spacial score (nSPS) is 12.1. The highest BCUT2D eigenvalue weighted by Gasteiger charge is 2.25. The van der Waals surface area contributed by atoms with Crippen molar-refractivity contribution < 1.29 is 4.74 Å². The smallest absolute Gasteiger partial charge is 0.120 e. The van der Waals surface area contributed by atoms with E-state index in [1.165, 1.54) is 16.7 Å². The molecule has 0 fully saturated rings. The molecular formula is C22H33BrN2OSi. The lowest BCUT2D eigenvalue weighted by molar-refractivity contribution is 0.304. The van der Waals surface area contributed by atoms with Gasteiger partial charge in [0.15, 0.2) is 0 Å². The SMILES string of the molecule is CN(C)Cc1cc(OCc2cccc(Br)c2)cc(CN(C)C)c1[Si](C)(C)C. The van der Waals surface area contributed by atoms with Crippen molar-refractivity contribution in [1.29, 1.82) is 0 Å². The van der Waals surface area contributed by atoms with Crippen LogP contribution in [0.1, 0.15) is 16.7 Å². The zero-order valence-corrected chi connectivity index (χ0v) is 20.4.